The first-order valence-corrected chi connectivity index (χ1v) is 5.49. The molecule has 2 rings (SSSR count). The molecule has 1 heterocycles. The van der Waals surface area contributed by atoms with Crippen LogP contribution in [-0.2, 0) is 6.54 Å². The van der Waals surface area contributed by atoms with Gasteiger partial charge in [-0.05, 0) is 31.5 Å². The van der Waals surface area contributed by atoms with E-state index in [2.05, 4.69) is 10.3 Å². The molecule has 0 amide bonds. The second-order valence-corrected chi connectivity index (χ2v) is 4.76. The fraction of sp³-hybridized carbons (Fsp3) is 0.417. The van der Waals surface area contributed by atoms with Crippen LogP contribution in [0.15, 0.2) is 27.4 Å². The molecule has 0 bridgehead atoms. The number of benzene rings is 1. The smallest absolute Gasteiger partial charge is 0.408 e. The summed E-state index contributed by atoms with van der Waals surface area (Å²) in [5.41, 5.74) is 1.55. The van der Waals surface area contributed by atoms with Crippen LogP contribution >= 0.6 is 0 Å². The molecule has 92 valence electrons. The summed E-state index contributed by atoms with van der Waals surface area (Å²) in [6.07, 6.45) is 0. The van der Waals surface area contributed by atoms with Crippen LogP contribution in [0.5, 0.6) is 0 Å². The molecule has 0 aliphatic heterocycles. The lowest BCUT2D eigenvalue weighted by Crippen LogP contribution is -2.34. The molecule has 0 aliphatic rings. The Morgan fingerprint density at radius 3 is 2.94 bits per heavy atom. The average Bonchev–Trinajstić information content (AvgIpc) is 2.55. The van der Waals surface area contributed by atoms with Gasteiger partial charge in [-0.1, -0.05) is 6.07 Å². The van der Waals surface area contributed by atoms with Crippen molar-refractivity contribution in [3.05, 3.63) is 34.3 Å². The summed E-state index contributed by atoms with van der Waals surface area (Å²) < 4.78 is 4.91. The second-order valence-electron chi connectivity index (χ2n) is 4.76. The Morgan fingerprint density at radius 1 is 1.47 bits per heavy atom. The molecular formula is C12H16N2O3. The van der Waals surface area contributed by atoms with Crippen molar-refractivity contribution < 1.29 is 9.52 Å². The maximum absolute atomic E-state index is 11.0. The Kier molecular flexibility index (Phi) is 3.04. The van der Waals surface area contributed by atoms with E-state index in [9.17, 15) is 9.90 Å². The highest BCUT2D eigenvalue weighted by atomic mass is 16.4. The van der Waals surface area contributed by atoms with Crippen LogP contribution in [0.25, 0.3) is 11.1 Å². The van der Waals surface area contributed by atoms with E-state index >= 15 is 0 Å². The zero-order valence-electron chi connectivity index (χ0n) is 9.91. The van der Waals surface area contributed by atoms with Crippen LogP contribution in [0, 0.1) is 0 Å². The highest BCUT2D eigenvalue weighted by molar-refractivity contribution is 5.72. The number of nitrogens with one attached hydrogen (secondary N) is 2. The average molecular weight is 236 g/mol. The van der Waals surface area contributed by atoms with E-state index in [1.807, 2.05) is 12.1 Å². The van der Waals surface area contributed by atoms with E-state index in [0.717, 1.165) is 5.56 Å². The van der Waals surface area contributed by atoms with E-state index in [1.165, 1.54) is 0 Å². The predicted molar refractivity (Wildman–Crippen MR) is 64.8 cm³/mol. The lowest BCUT2D eigenvalue weighted by Gasteiger charge is -2.17. The Balaban J connectivity index is 2.06. The SMILES string of the molecule is CC(C)(O)CNCc1ccc2oc(=O)[nH]c2c1. The summed E-state index contributed by atoms with van der Waals surface area (Å²) in [5.74, 6) is -0.443. The van der Waals surface area contributed by atoms with E-state index in [-0.39, 0.29) is 0 Å². The number of hydrogen-bond donors (Lipinski definition) is 3. The summed E-state index contributed by atoms with van der Waals surface area (Å²) in [7, 11) is 0. The van der Waals surface area contributed by atoms with E-state index < -0.39 is 11.4 Å². The standard InChI is InChI=1S/C12H16N2O3/c1-12(2,16)7-13-6-8-3-4-10-9(5-8)14-11(15)17-10/h3-5,13,16H,6-7H2,1-2H3,(H,14,15). The Labute approximate surface area is 98.5 Å². The highest BCUT2D eigenvalue weighted by Crippen LogP contribution is 2.12. The topological polar surface area (TPSA) is 78.3 Å². The van der Waals surface area contributed by atoms with Crippen LogP contribution in [0.4, 0.5) is 0 Å². The number of oxazole rings is 1. The molecule has 0 aliphatic carbocycles. The van der Waals surface area contributed by atoms with Gasteiger partial charge in [-0.3, -0.25) is 4.98 Å². The van der Waals surface area contributed by atoms with Gasteiger partial charge in [0.25, 0.3) is 0 Å². The van der Waals surface area contributed by atoms with Crippen molar-refractivity contribution in [1.29, 1.82) is 0 Å². The minimum atomic E-state index is -0.728. The van der Waals surface area contributed by atoms with E-state index in [1.54, 1.807) is 19.9 Å². The molecule has 0 saturated heterocycles. The molecule has 1 aromatic carbocycles. The van der Waals surface area contributed by atoms with Gasteiger partial charge in [0.15, 0.2) is 5.58 Å². The predicted octanol–water partition coefficient (Wildman–Crippen LogP) is 0.982. The number of rotatable bonds is 4. The van der Waals surface area contributed by atoms with E-state index in [4.69, 9.17) is 4.42 Å². The van der Waals surface area contributed by atoms with Gasteiger partial charge < -0.3 is 14.8 Å². The summed E-state index contributed by atoms with van der Waals surface area (Å²) >= 11 is 0. The first-order chi connectivity index (χ1) is 7.94. The zero-order chi connectivity index (χ0) is 12.5. The van der Waals surface area contributed by atoms with Crippen molar-refractivity contribution in [2.45, 2.75) is 26.0 Å². The normalized spacial score (nSPS) is 12.2. The van der Waals surface area contributed by atoms with Crippen LogP contribution in [0.3, 0.4) is 0 Å². The first kappa shape index (κ1) is 11.9. The largest absolute Gasteiger partial charge is 0.417 e. The van der Waals surface area contributed by atoms with Gasteiger partial charge in [-0.2, -0.15) is 0 Å². The second kappa shape index (κ2) is 4.35. The van der Waals surface area contributed by atoms with Gasteiger partial charge in [0, 0.05) is 13.1 Å². The van der Waals surface area contributed by atoms with Gasteiger partial charge >= 0.3 is 5.76 Å². The van der Waals surface area contributed by atoms with Crippen LogP contribution in [0.1, 0.15) is 19.4 Å². The molecule has 0 unspecified atom stereocenters. The maximum Gasteiger partial charge on any atom is 0.417 e. The van der Waals surface area contributed by atoms with Crippen molar-refractivity contribution in [3.63, 3.8) is 0 Å². The fourth-order valence-electron chi connectivity index (χ4n) is 1.62. The number of H-pyrrole nitrogens is 1. The molecule has 2 aromatic rings. The maximum atomic E-state index is 11.0. The molecule has 5 nitrogen and oxygen atoms in total. The third kappa shape index (κ3) is 3.18. The zero-order valence-corrected chi connectivity index (χ0v) is 9.91. The number of fused-ring (bicyclic) bond motifs is 1. The summed E-state index contributed by atoms with van der Waals surface area (Å²) in [6.45, 7) is 4.63. The Bertz CT molecular complexity index is 563. The number of aromatic amines is 1. The van der Waals surface area contributed by atoms with Crippen molar-refractivity contribution in [2.24, 2.45) is 0 Å². The minimum absolute atomic E-state index is 0.443. The molecule has 0 atom stereocenters. The lowest BCUT2D eigenvalue weighted by atomic mass is 10.1. The van der Waals surface area contributed by atoms with Crippen molar-refractivity contribution in [3.8, 4) is 0 Å². The Hall–Kier alpha value is -1.59. The minimum Gasteiger partial charge on any atom is -0.408 e. The number of aromatic nitrogens is 1. The molecule has 0 saturated carbocycles. The fourth-order valence-corrected chi connectivity index (χ4v) is 1.62. The quantitative estimate of drug-likeness (QED) is 0.739. The third-order valence-corrected chi connectivity index (χ3v) is 2.37. The summed E-state index contributed by atoms with van der Waals surface area (Å²) in [4.78, 5) is 13.6. The molecule has 0 radical (unpaired) electrons. The molecule has 0 fully saturated rings. The number of hydrogen-bond acceptors (Lipinski definition) is 4. The van der Waals surface area contributed by atoms with Crippen LogP contribution < -0.4 is 11.1 Å². The van der Waals surface area contributed by atoms with Crippen molar-refractivity contribution in [2.75, 3.05) is 6.54 Å². The van der Waals surface area contributed by atoms with Crippen LogP contribution in [0.2, 0.25) is 0 Å². The highest BCUT2D eigenvalue weighted by Gasteiger charge is 2.11. The first-order valence-electron chi connectivity index (χ1n) is 5.49. The molecule has 1 aromatic heterocycles. The summed E-state index contributed by atoms with van der Waals surface area (Å²) in [6, 6.07) is 5.50. The van der Waals surface area contributed by atoms with Gasteiger partial charge in [0.1, 0.15) is 0 Å². The van der Waals surface area contributed by atoms with E-state index in [0.29, 0.717) is 24.2 Å². The van der Waals surface area contributed by atoms with Gasteiger partial charge in [-0.25, -0.2) is 4.79 Å². The molecule has 5 heteroatoms. The van der Waals surface area contributed by atoms with Gasteiger partial charge in [0.2, 0.25) is 0 Å². The Morgan fingerprint density at radius 2 is 2.24 bits per heavy atom. The van der Waals surface area contributed by atoms with Crippen molar-refractivity contribution >= 4 is 11.1 Å². The molecule has 3 N–H and O–H groups in total. The molecular weight excluding hydrogens is 220 g/mol. The molecule has 0 spiro atoms. The van der Waals surface area contributed by atoms with Crippen molar-refractivity contribution in [1.82, 2.24) is 10.3 Å². The monoisotopic (exact) mass is 236 g/mol. The van der Waals surface area contributed by atoms with Crippen LogP contribution in [-0.4, -0.2) is 22.2 Å². The third-order valence-electron chi connectivity index (χ3n) is 2.37. The lowest BCUT2D eigenvalue weighted by molar-refractivity contribution is 0.0795. The van der Waals surface area contributed by atoms with Gasteiger partial charge in [0.05, 0.1) is 11.1 Å². The number of aliphatic hydroxyl groups is 1. The summed E-state index contributed by atoms with van der Waals surface area (Å²) in [5, 5.41) is 12.7. The van der Waals surface area contributed by atoms with Gasteiger partial charge in [-0.15, -0.1) is 0 Å². The molecule has 17 heavy (non-hydrogen) atoms.